The topological polar surface area (TPSA) is 69.6 Å². The van der Waals surface area contributed by atoms with E-state index in [4.69, 9.17) is 5.73 Å². The van der Waals surface area contributed by atoms with Crippen LogP contribution in [0, 0.1) is 12.7 Å². The summed E-state index contributed by atoms with van der Waals surface area (Å²) < 4.78 is 14.8. The Bertz CT molecular complexity index is 1110. The van der Waals surface area contributed by atoms with Gasteiger partial charge in [0.25, 0.3) is 0 Å². The second-order valence-electron chi connectivity index (χ2n) is 5.90. The van der Waals surface area contributed by atoms with Gasteiger partial charge in [-0.05, 0) is 43.5 Å². The van der Waals surface area contributed by atoms with Crippen molar-refractivity contribution in [2.75, 3.05) is 12.0 Å². The molecule has 0 saturated heterocycles. The number of hydrogen-bond acceptors (Lipinski definition) is 5. The zero-order valence-electron chi connectivity index (χ0n) is 14.3. The van der Waals surface area contributed by atoms with Crippen molar-refractivity contribution in [3.63, 3.8) is 0 Å². The number of rotatable bonds is 3. The lowest BCUT2D eigenvalue weighted by molar-refractivity contribution is 0.627. The predicted octanol–water partition coefficient (Wildman–Crippen LogP) is 4.23. The van der Waals surface area contributed by atoms with Crippen LogP contribution in [0.1, 0.15) is 5.56 Å². The number of halogens is 1. The molecule has 2 N–H and O–H groups in total. The highest BCUT2D eigenvalue weighted by molar-refractivity contribution is 7.98. The third-order valence-corrected chi connectivity index (χ3v) is 4.64. The first-order valence-electron chi connectivity index (χ1n) is 8.00. The van der Waals surface area contributed by atoms with Gasteiger partial charge in [0.1, 0.15) is 11.6 Å². The van der Waals surface area contributed by atoms with Crippen LogP contribution in [-0.4, -0.2) is 26.0 Å². The summed E-state index contributed by atoms with van der Waals surface area (Å²) >= 11 is 1.45. The van der Waals surface area contributed by atoms with Gasteiger partial charge in [0.15, 0.2) is 10.8 Å². The minimum atomic E-state index is -0.311. The van der Waals surface area contributed by atoms with Crippen LogP contribution >= 0.6 is 11.8 Å². The first kappa shape index (κ1) is 16.5. The van der Waals surface area contributed by atoms with Crippen LogP contribution < -0.4 is 5.73 Å². The molecule has 0 atom stereocenters. The van der Waals surface area contributed by atoms with Crippen LogP contribution in [0.2, 0.25) is 0 Å². The molecule has 4 aromatic rings. The van der Waals surface area contributed by atoms with Gasteiger partial charge >= 0.3 is 0 Å². The summed E-state index contributed by atoms with van der Waals surface area (Å²) in [4.78, 5) is 9.16. The average molecular weight is 365 g/mol. The van der Waals surface area contributed by atoms with E-state index in [0.29, 0.717) is 27.7 Å². The van der Waals surface area contributed by atoms with E-state index in [9.17, 15) is 4.39 Å². The summed E-state index contributed by atoms with van der Waals surface area (Å²) in [6, 6.07) is 14.1. The van der Waals surface area contributed by atoms with Gasteiger partial charge in [-0.25, -0.2) is 19.0 Å². The van der Waals surface area contributed by atoms with Crippen molar-refractivity contribution in [1.29, 1.82) is 0 Å². The van der Waals surface area contributed by atoms with Crippen LogP contribution in [0.25, 0.3) is 28.0 Å². The number of aromatic nitrogens is 4. The van der Waals surface area contributed by atoms with Gasteiger partial charge in [-0.1, -0.05) is 35.5 Å². The van der Waals surface area contributed by atoms with Crippen LogP contribution in [-0.2, 0) is 0 Å². The molecule has 26 heavy (non-hydrogen) atoms. The SMILES string of the molecule is CSc1nc(-c2cccc(C)c2)c2c(N)n(-c3ccc(F)cc3)nc2n1. The average Bonchev–Trinajstić information content (AvgIpc) is 2.98. The molecule has 2 aromatic carbocycles. The Morgan fingerprint density at radius 3 is 2.54 bits per heavy atom. The molecule has 0 aliphatic heterocycles. The quantitative estimate of drug-likeness (QED) is 0.434. The van der Waals surface area contributed by atoms with Gasteiger partial charge < -0.3 is 5.73 Å². The molecule has 2 heterocycles. The van der Waals surface area contributed by atoms with E-state index < -0.39 is 0 Å². The first-order chi connectivity index (χ1) is 12.6. The number of hydrogen-bond donors (Lipinski definition) is 1. The number of benzene rings is 2. The van der Waals surface area contributed by atoms with E-state index in [1.807, 2.05) is 31.4 Å². The monoisotopic (exact) mass is 365 g/mol. The van der Waals surface area contributed by atoms with Crippen LogP contribution in [0.15, 0.2) is 53.7 Å². The zero-order chi connectivity index (χ0) is 18.3. The van der Waals surface area contributed by atoms with Gasteiger partial charge in [-0.2, -0.15) is 0 Å². The number of fused-ring (bicyclic) bond motifs is 1. The molecule has 0 bridgehead atoms. The van der Waals surface area contributed by atoms with Crippen molar-refractivity contribution >= 4 is 28.6 Å². The second-order valence-corrected chi connectivity index (χ2v) is 6.67. The molecular weight excluding hydrogens is 349 g/mol. The maximum atomic E-state index is 13.2. The van der Waals surface area contributed by atoms with Gasteiger partial charge in [0.2, 0.25) is 0 Å². The van der Waals surface area contributed by atoms with Crippen molar-refractivity contribution in [2.24, 2.45) is 0 Å². The Morgan fingerprint density at radius 1 is 1.08 bits per heavy atom. The minimum Gasteiger partial charge on any atom is -0.383 e. The lowest BCUT2D eigenvalue weighted by Gasteiger charge is -2.07. The van der Waals surface area contributed by atoms with Gasteiger partial charge in [0, 0.05) is 5.56 Å². The molecule has 0 saturated carbocycles. The lowest BCUT2D eigenvalue weighted by atomic mass is 10.1. The standard InChI is InChI=1S/C19H16FN5S/c1-11-4-3-5-12(10-11)16-15-17(21)25(14-8-6-13(20)7-9-14)24-18(15)23-19(22-16)26-2/h3-10H,21H2,1-2H3. The molecule has 130 valence electrons. The predicted molar refractivity (Wildman–Crippen MR) is 103 cm³/mol. The summed E-state index contributed by atoms with van der Waals surface area (Å²) in [6.45, 7) is 2.03. The lowest BCUT2D eigenvalue weighted by Crippen LogP contribution is -2.01. The van der Waals surface area contributed by atoms with Crippen LogP contribution in [0.3, 0.4) is 0 Å². The molecule has 4 rings (SSSR count). The van der Waals surface area contributed by atoms with E-state index in [1.165, 1.54) is 23.9 Å². The molecule has 2 aromatic heterocycles. The van der Waals surface area contributed by atoms with Crippen molar-refractivity contribution in [1.82, 2.24) is 19.7 Å². The summed E-state index contributed by atoms with van der Waals surface area (Å²) in [5, 5.41) is 5.85. The molecule has 5 nitrogen and oxygen atoms in total. The smallest absolute Gasteiger partial charge is 0.190 e. The summed E-state index contributed by atoms with van der Waals surface area (Å²) in [5.74, 6) is 0.115. The Hall–Kier alpha value is -2.93. The highest BCUT2D eigenvalue weighted by Crippen LogP contribution is 2.33. The van der Waals surface area contributed by atoms with E-state index in [2.05, 4.69) is 21.1 Å². The highest BCUT2D eigenvalue weighted by Gasteiger charge is 2.19. The molecule has 0 amide bonds. The van der Waals surface area contributed by atoms with Crippen molar-refractivity contribution in [3.8, 4) is 16.9 Å². The van der Waals surface area contributed by atoms with E-state index in [0.717, 1.165) is 16.8 Å². The van der Waals surface area contributed by atoms with E-state index in [-0.39, 0.29) is 5.82 Å². The molecule has 0 spiro atoms. The Labute approximate surface area is 154 Å². The Morgan fingerprint density at radius 2 is 1.85 bits per heavy atom. The Kier molecular flexibility index (Phi) is 4.08. The van der Waals surface area contributed by atoms with Gasteiger partial charge in [-0.3, -0.25) is 0 Å². The summed E-state index contributed by atoms with van der Waals surface area (Å²) in [7, 11) is 0. The third-order valence-electron chi connectivity index (χ3n) is 4.09. The molecule has 0 fully saturated rings. The molecule has 0 unspecified atom stereocenters. The largest absolute Gasteiger partial charge is 0.383 e. The number of anilines is 1. The Balaban J connectivity index is 2.01. The molecule has 0 aliphatic carbocycles. The number of aryl methyl sites for hydroxylation is 1. The van der Waals surface area contributed by atoms with Gasteiger partial charge in [0.05, 0.1) is 16.8 Å². The van der Waals surface area contributed by atoms with Crippen LogP contribution in [0.4, 0.5) is 10.2 Å². The number of thioether (sulfide) groups is 1. The van der Waals surface area contributed by atoms with Crippen molar-refractivity contribution < 1.29 is 4.39 Å². The molecule has 7 heteroatoms. The number of nitrogens with two attached hydrogens (primary N) is 1. The zero-order valence-corrected chi connectivity index (χ0v) is 15.1. The maximum absolute atomic E-state index is 13.2. The molecular formula is C19H16FN5S. The van der Waals surface area contributed by atoms with Gasteiger partial charge in [-0.15, -0.1) is 5.10 Å². The molecule has 0 radical (unpaired) electrons. The summed E-state index contributed by atoms with van der Waals surface area (Å²) in [6.07, 6.45) is 1.92. The normalized spacial score (nSPS) is 11.2. The van der Waals surface area contributed by atoms with Crippen molar-refractivity contribution in [3.05, 3.63) is 59.9 Å². The first-order valence-corrected chi connectivity index (χ1v) is 9.22. The fourth-order valence-corrected chi connectivity index (χ4v) is 3.22. The number of nitrogens with zero attached hydrogens (tertiary/aromatic N) is 4. The number of nitrogen functional groups attached to an aromatic ring is 1. The summed E-state index contributed by atoms with van der Waals surface area (Å²) in [5.41, 5.74) is 10.4. The fourth-order valence-electron chi connectivity index (χ4n) is 2.86. The fraction of sp³-hybridized carbons (Fsp3) is 0.105. The van der Waals surface area contributed by atoms with E-state index in [1.54, 1.807) is 16.8 Å². The van der Waals surface area contributed by atoms with E-state index >= 15 is 0 Å². The maximum Gasteiger partial charge on any atom is 0.190 e. The van der Waals surface area contributed by atoms with Crippen molar-refractivity contribution in [2.45, 2.75) is 12.1 Å². The van der Waals surface area contributed by atoms with Crippen LogP contribution in [0.5, 0.6) is 0 Å². The molecule has 0 aliphatic rings. The second kappa shape index (κ2) is 6.42. The minimum absolute atomic E-state index is 0.311. The highest BCUT2D eigenvalue weighted by atomic mass is 32.2. The third kappa shape index (κ3) is 2.80.